The Labute approximate surface area is 146 Å². The summed E-state index contributed by atoms with van der Waals surface area (Å²) in [5.41, 5.74) is 11.9. The summed E-state index contributed by atoms with van der Waals surface area (Å²) in [6.07, 6.45) is 0. The van der Waals surface area contributed by atoms with E-state index in [1.54, 1.807) is 0 Å². The Hall–Kier alpha value is -1.89. The lowest BCUT2D eigenvalue weighted by Crippen LogP contribution is -2.15. The highest BCUT2D eigenvalue weighted by atomic mass is 14.7. The lowest BCUT2D eigenvalue weighted by molar-refractivity contribution is 0.600. The Kier molecular flexibility index (Phi) is 3.75. The molecule has 0 aliphatic carbocycles. The van der Waals surface area contributed by atoms with Crippen molar-refractivity contribution in [3.63, 3.8) is 0 Å². The Morgan fingerprint density at radius 3 is 1.83 bits per heavy atom. The van der Waals surface area contributed by atoms with Crippen LogP contribution in [0, 0.1) is 41.5 Å². The number of benzene rings is 2. The van der Waals surface area contributed by atoms with E-state index in [-0.39, 0.29) is 5.41 Å². The molecule has 1 heterocycles. The number of aromatic nitrogens is 1. The fourth-order valence-corrected chi connectivity index (χ4v) is 3.87. The molecule has 1 heteroatoms. The first-order valence-electron chi connectivity index (χ1n) is 8.85. The number of pyridine rings is 1. The van der Waals surface area contributed by atoms with Crippen LogP contribution in [-0.2, 0) is 5.41 Å². The van der Waals surface area contributed by atoms with E-state index >= 15 is 0 Å². The average Bonchev–Trinajstić information content (AvgIpc) is 2.49. The van der Waals surface area contributed by atoms with Crippen molar-refractivity contribution in [3.05, 3.63) is 51.1 Å². The molecule has 1 aromatic heterocycles. The quantitative estimate of drug-likeness (QED) is 0.429. The third kappa shape index (κ3) is 2.33. The SMILES string of the molecule is Cc1cc2nc3c(C)c(C)c(C)c(C)c3c(C(C)(C)C)c2cc1C. The van der Waals surface area contributed by atoms with Crippen LogP contribution in [0.2, 0.25) is 0 Å². The van der Waals surface area contributed by atoms with Crippen molar-refractivity contribution in [2.24, 2.45) is 0 Å². The van der Waals surface area contributed by atoms with E-state index in [1.165, 1.54) is 55.2 Å². The van der Waals surface area contributed by atoms with E-state index in [4.69, 9.17) is 4.98 Å². The molecule has 24 heavy (non-hydrogen) atoms. The minimum absolute atomic E-state index is 0.0695. The predicted molar refractivity (Wildman–Crippen MR) is 106 cm³/mol. The van der Waals surface area contributed by atoms with Gasteiger partial charge in [-0.3, -0.25) is 0 Å². The maximum absolute atomic E-state index is 5.12. The first-order valence-corrected chi connectivity index (χ1v) is 8.85. The Bertz CT molecular complexity index is 985. The molecule has 0 amide bonds. The molecule has 0 aliphatic heterocycles. The zero-order chi connectivity index (χ0) is 18.0. The van der Waals surface area contributed by atoms with E-state index in [0.29, 0.717) is 0 Å². The summed E-state index contributed by atoms with van der Waals surface area (Å²) in [5.74, 6) is 0. The van der Waals surface area contributed by atoms with Gasteiger partial charge in [0.05, 0.1) is 11.0 Å². The molecule has 1 nitrogen and oxygen atoms in total. The molecule has 0 bridgehead atoms. The largest absolute Gasteiger partial charge is 0.247 e. The average molecular weight is 319 g/mol. The van der Waals surface area contributed by atoms with Gasteiger partial charge in [-0.25, -0.2) is 4.98 Å². The van der Waals surface area contributed by atoms with Crippen molar-refractivity contribution in [2.75, 3.05) is 0 Å². The summed E-state index contributed by atoms with van der Waals surface area (Å²) < 4.78 is 0. The smallest absolute Gasteiger partial charge is 0.0747 e. The first-order chi connectivity index (χ1) is 11.0. The summed E-state index contributed by atoms with van der Waals surface area (Å²) in [4.78, 5) is 5.12. The van der Waals surface area contributed by atoms with Crippen molar-refractivity contribution in [1.29, 1.82) is 0 Å². The topological polar surface area (TPSA) is 12.9 Å². The van der Waals surface area contributed by atoms with Crippen LogP contribution in [0.25, 0.3) is 21.8 Å². The maximum atomic E-state index is 5.12. The molecule has 0 atom stereocenters. The van der Waals surface area contributed by atoms with Crippen molar-refractivity contribution < 1.29 is 0 Å². The van der Waals surface area contributed by atoms with Crippen LogP contribution in [0.4, 0.5) is 0 Å². The molecule has 2 aromatic carbocycles. The van der Waals surface area contributed by atoms with Crippen LogP contribution in [0.5, 0.6) is 0 Å². The zero-order valence-electron chi connectivity index (χ0n) is 16.6. The standard InChI is InChI=1S/C23H29N/c1-12-10-18-19(11-13(12)2)24-22-17(6)15(4)14(3)16(5)20(22)21(18)23(7,8)9/h10-11H,1-9H3. The molecule has 3 rings (SSSR count). The minimum Gasteiger partial charge on any atom is -0.247 e. The second kappa shape index (κ2) is 5.31. The molecule has 3 aromatic rings. The van der Waals surface area contributed by atoms with Gasteiger partial charge in [0, 0.05) is 10.8 Å². The maximum Gasteiger partial charge on any atom is 0.0747 e. The first kappa shape index (κ1) is 17.0. The molecule has 0 aliphatic rings. The lowest BCUT2D eigenvalue weighted by atomic mass is 9.79. The van der Waals surface area contributed by atoms with E-state index in [1.807, 2.05) is 0 Å². The highest BCUT2D eigenvalue weighted by Crippen LogP contribution is 2.40. The number of aryl methyl sites for hydroxylation is 4. The summed E-state index contributed by atoms with van der Waals surface area (Å²) in [6.45, 7) is 20.3. The van der Waals surface area contributed by atoms with Gasteiger partial charge < -0.3 is 0 Å². The number of hydrogen-bond acceptors (Lipinski definition) is 1. The van der Waals surface area contributed by atoms with Crippen LogP contribution in [0.3, 0.4) is 0 Å². The fraction of sp³-hybridized carbons (Fsp3) is 0.435. The second-order valence-corrected chi connectivity index (χ2v) is 8.41. The van der Waals surface area contributed by atoms with Crippen LogP contribution < -0.4 is 0 Å². The Balaban J connectivity index is 2.72. The predicted octanol–water partition coefficient (Wildman–Crippen LogP) is 6.54. The van der Waals surface area contributed by atoms with Gasteiger partial charge in [-0.05, 0) is 98.0 Å². The summed E-state index contributed by atoms with van der Waals surface area (Å²) in [6, 6.07) is 4.59. The number of fused-ring (bicyclic) bond motifs is 2. The Morgan fingerprint density at radius 1 is 0.708 bits per heavy atom. The van der Waals surface area contributed by atoms with Gasteiger partial charge in [0.2, 0.25) is 0 Å². The molecule has 0 saturated carbocycles. The highest BCUT2D eigenvalue weighted by Gasteiger charge is 2.24. The normalized spacial score (nSPS) is 12.4. The van der Waals surface area contributed by atoms with E-state index in [2.05, 4.69) is 74.4 Å². The van der Waals surface area contributed by atoms with E-state index in [9.17, 15) is 0 Å². The molecule has 0 unspecified atom stereocenters. The minimum atomic E-state index is 0.0695. The molecule has 0 radical (unpaired) electrons. The lowest BCUT2D eigenvalue weighted by Gasteiger charge is -2.27. The van der Waals surface area contributed by atoms with Gasteiger partial charge in [0.25, 0.3) is 0 Å². The van der Waals surface area contributed by atoms with Crippen LogP contribution in [-0.4, -0.2) is 4.98 Å². The molecular formula is C23H29N. The zero-order valence-corrected chi connectivity index (χ0v) is 16.6. The molecule has 126 valence electrons. The fourth-order valence-electron chi connectivity index (χ4n) is 3.87. The van der Waals surface area contributed by atoms with Crippen molar-refractivity contribution in [2.45, 2.75) is 67.7 Å². The summed E-state index contributed by atoms with van der Waals surface area (Å²) in [5, 5.41) is 2.67. The molecule has 0 saturated heterocycles. The third-order valence-electron chi connectivity index (χ3n) is 5.77. The second-order valence-electron chi connectivity index (χ2n) is 8.41. The number of hydrogen-bond donors (Lipinski definition) is 0. The van der Waals surface area contributed by atoms with Gasteiger partial charge >= 0.3 is 0 Å². The van der Waals surface area contributed by atoms with Gasteiger partial charge in [-0.2, -0.15) is 0 Å². The number of nitrogens with zero attached hydrogens (tertiary/aromatic N) is 1. The molecule has 0 N–H and O–H groups in total. The van der Waals surface area contributed by atoms with E-state index < -0.39 is 0 Å². The molecule has 0 spiro atoms. The highest BCUT2D eigenvalue weighted by molar-refractivity contribution is 6.02. The Morgan fingerprint density at radius 2 is 1.25 bits per heavy atom. The molecular weight excluding hydrogens is 290 g/mol. The monoisotopic (exact) mass is 319 g/mol. The third-order valence-corrected chi connectivity index (χ3v) is 5.77. The van der Waals surface area contributed by atoms with Gasteiger partial charge in [-0.15, -0.1) is 0 Å². The van der Waals surface area contributed by atoms with Crippen LogP contribution >= 0.6 is 0 Å². The van der Waals surface area contributed by atoms with E-state index in [0.717, 1.165) is 5.52 Å². The van der Waals surface area contributed by atoms with Crippen LogP contribution in [0.1, 0.15) is 59.7 Å². The molecule has 0 fully saturated rings. The van der Waals surface area contributed by atoms with Crippen molar-refractivity contribution >= 4 is 21.8 Å². The number of rotatable bonds is 0. The summed E-state index contributed by atoms with van der Waals surface area (Å²) >= 11 is 0. The summed E-state index contributed by atoms with van der Waals surface area (Å²) in [7, 11) is 0. The van der Waals surface area contributed by atoms with Crippen LogP contribution in [0.15, 0.2) is 12.1 Å². The van der Waals surface area contributed by atoms with Crippen molar-refractivity contribution in [1.82, 2.24) is 4.98 Å². The van der Waals surface area contributed by atoms with Gasteiger partial charge in [0.15, 0.2) is 0 Å². The van der Waals surface area contributed by atoms with Gasteiger partial charge in [-0.1, -0.05) is 20.8 Å². The van der Waals surface area contributed by atoms with Gasteiger partial charge in [0.1, 0.15) is 0 Å². The van der Waals surface area contributed by atoms with Crippen molar-refractivity contribution in [3.8, 4) is 0 Å².